The number of esters is 1. The molecule has 170 valence electrons. The molecule has 1 unspecified atom stereocenters. The normalized spacial score (nSPS) is 20.3. The van der Waals surface area contributed by atoms with E-state index in [-0.39, 0.29) is 11.5 Å². The molecule has 1 fully saturated rings. The summed E-state index contributed by atoms with van der Waals surface area (Å²) in [7, 11) is -3.84. The third-order valence-corrected chi connectivity index (χ3v) is 7.60. The third kappa shape index (κ3) is 4.77. The van der Waals surface area contributed by atoms with E-state index < -0.39 is 28.1 Å². The Kier molecular flexibility index (Phi) is 6.49. The molecule has 1 saturated heterocycles. The van der Waals surface area contributed by atoms with Gasteiger partial charge in [0.15, 0.2) is 0 Å². The van der Waals surface area contributed by atoms with Crippen LogP contribution in [0, 0.1) is 13.8 Å². The van der Waals surface area contributed by atoms with E-state index in [0.29, 0.717) is 5.57 Å². The number of aryl methyl sites for hydroxylation is 2. The Labute approximate surface area is 195 Å². The van der Waals surface area contributed by atoms with Crippen LogP contribution in [0.25, 0.3) is 6.08 Å². The van der Waals surface area contributed by atoms with Crippen LogP contribution in [0.1, 0.15) is 35.2 Å². The number of sulfonamides is 1. The van der Waals surface area contributed by atoms with Crippen LogP contribution >= 0.6 is 0 Å². The molecule has 0 spiro atoms. The minimum atomic E-state index is -3.84. The summed E-state index contributed by atoms with van der Waals surface area (Å²) in [5.74, 6) is -0.509. The van der Waals surface area contributed by atoms with Crippen LogP contribution in [-0.4, -0.2) is 31.3 Å². The van der Waals surface area contributed by atoms with Crippen molar-refractivity contribution in [3.05, 3.63) is 107 Å². The predicted octanol–water partition coefficient (Wildman–Crippen LogP) is 5.06. The lowest BCUT2D eigenvalue weighted by Crippen LogP contribution is -2.19. The topological polar surface area (TPSA) is 63.5 Å². The van der Waals surface area contributed by atoms with E-state index in [2.05, 4.69) is 0 Å². The summed E-state index contributed by atoms with van der Waals surface area (Å²) in [5.41, 5.74) is 4.02. The fourth-order valence-corrected chi connectivity index (χ4v) is 5.68. The highest BCUT2D eigenvalue weighted by atomic mass is 32.2. The lowest BCUT2D eigenvalue weighted by atomic mass is 10.0. The SMILES string of the molecule is CCOC(=O)/C(=C/c1ccccc1)[C@H]1[C@@H](c2ccc(C)cc2)N1S(=O)(=O)c1ccc(C)cc1. The highest BCUT2D eigenvalue weighted by Gasteiger charge is 2.59. The van der Waals surface area contributed by atoms with Crippen molar-refractivity contribution in [2.45, 2.75) is 37.8 Å². The fraction of sp³-hybridized carbons (Fsp3) is 0.222. The second kappa shape index (κ2) is 9.33. The first-order chi connectivity index (χ1) is 15.8. The molecule has 0 amide bonds. The maximum Gasteiger partial charge on any atom is 0.335 e. The zero-order valence-corrected chi connectivity index (χ0v) is 19.7. The highest BCUT2D eigenvalue weighted by Crippen LogP contribution is 2.51. The van der Waals surface area contributed by atoms with Crippen LogP contribution in [0.15, 0.2) is 89.3 Å². The molecule has 0 N–H and O–H groups in total. The molecule has 1 aliphatic rings. The quantitative estimate of drug-likeness (QED) is 0.280. The summed E-state index contributed by atoms with van der Waals surface area (Å²) in [4.78, 5) is 13.2. The molecule has 0 bridgehead atoms. The van der Waals surface area contributed by atoms with Crippen molar-refractivity contribution in [1.29, 1.82) is 0 Å². The van der Waals surface area contributed by atoms with Crippen LogP contribution < -0.4 is 0 Å². The number of nitrogens with zero attached hydrogens (tertiary/aromatic N) is 1. The molecule has 1 aliphatic heterocycles. The molecular weight excluding hydrogens is 434 g/mol. The van der Waals surface area contributed by atoms with Gasteiger partial charge in [-0.3, -0.25) is 0 Å². The number of ether oxygens (including phenoxy) is 1. The average Bonchev–Trinajstić information content (AvgIpc) is 3.55. The third-order valence-electron chi connectivity index (χ3n) is 5.72. The van der Waals surface area contributed by atoms with Gasteiger partial charge in [0.25, 0.3) is 0 Å². The Hall–Kier alpha value is -3.22. The lowest BCUT2D eigenvalue weighted by Gasteiger charge is -2.09. The van der Waals surface area contributed by atoms with Crippen molar-refractivity contribution in [3.63, 3.8) is 0 Å². The van der Waals surface area contributed by atoms with Gasteiger partial charge in [-0.2, -0.15) is 4.31 Å². The van der Waals surface area contributed by atoms with E-state index >= 15 is 0 Å². The summed E-state index contributed by atoms with van der Waals surface area (Å²) in [5, 5.41) is 0. The summed E-state index contributed by atoms with van der Waals surface area (Å²) in [6, 6.07) is 22.8. The van der Waals surface area contributed by atoms with E-state index in [1.165, 1.54) is 4.31 Å². The van der Waals surface area contributed by atoms with Gasteiger partial charge in [0.2, 0.25) is 10.0 Å². The van der Waals surface area contributed by atoms with Gasteiger partial charge >= 0.3 is 5.97 Å². The summed E-state index contributed by atoms with van der Waals surface area (Å²) in [6.07, 6.45) is 1.73. The molecule has 0 saturated carbocycles. The van der Waals surface area contributed by atoms with E-state index in [1.807, 2.05) is 68.4 Å². The van der Waals surface area contributed by atoms with E-state index in [9.17, 15) is 13.2 Å². The molecule has 3 atom stereocenters. The van der Waals surface area contributed by atoms with Gasteiger partial charge < -0.3 is 4.74 Å². The van der Waals surface area contributed by atoms with E-state index in [1.54, 1.807) is 37.3 Å². The molecule has 1 heterocycles. The molecule has 0 radical (unpaired) electrons. The van der Waals surface area contributed by atoms with Crippen molar-refractivity contribution < 1.29 is 17.9 Å². The van der Waals surface area contributed by atoms with E-state index in [4.69, 9.17) is 4.74 Å². The Bertz CT molecular complexity index is 1260. The van der Waals surface area contributed by atoms with E-state index in [0.717, 1.165) is 22.3 Å². The maximum absolute atomic E-state index is 13.7. The Morgan fingerprint density at radius 2 is 1.48 bits per heavy atom. The first-order valence-electron chi connectivity index (χ1n) is 10.9. The molecule has 4 rings (SSSR count). The van der Waals surface area contributed by atoms with Crippen molar-refractivity contribution in [2.75, 3.05) is 6.61 Å². The standard InChI is InChI=1S/C27H27NO4S/c1-4-32-27(29)24(18-21-8-6-5-7-9-21)26-25(22-14-10-19(2)11-15-22)28(26)33(30,31)23-16-12-20(3)13-17-23/h5-18,25-26H,4H2,1-3H3/b24-18+/t25-,26+,28?/m1/s1. The second-order valence-corrected chi connectivity index (χ2v) is 10.0. The molecule has 0 aliphatic carbocycles. The van der Waals surface area contributed by atoms with Gasteiger partial charge in [-0.15, -0.1) is 0 Å². The van der Waals surface area contributed by atoms with Gasteiger partial charge in [-0.1, -0.05) is 77.9 Å². The first-order valence-corrected chi connectivity index (χ1v) is 12.4. The zero-order valence-electron chi connectivity index (χ0n) is 18.9. The molecule has 0 aromatic heterocycles. The Morgan fingerprint density at radius 1 is 0.909 bits per heavy atom. The second-order valence-electron chi connectivity index (χ2n) is 8.18. The molecular formula is C27H27NO4S. The van der Waals surface area contributed by atoms with Gasteiger partial charge in [-0.05, 0) is 50.1 Å². The predicted molar refractivity (Wildman–Crippen MR) is 129 cm³/mol. The van der Waals surface area contributed by atoms with Crippen LogP contribution in [0.5, 0.6) is 0 Å². The number of hydrogen-bond donors (Lipinski definition) is 0. The molecule has 5 nitrogen and oxygen atoms in total. The summed E-state index contributed by atoms with van der Waals surface area (Å²) >= 11 is 0. The minimum Gasteiger partial charge on any atom is -0.463 e. The van der Waals surface area contributed by atoms with Crippen molar-refractivity contribution in [2.24, 2.45) is 0 Å². The number of carbonyl (C=O) groups is 1. The van der Waals surface area contributed by atoms with Gasteiger partial charge in [-0.25, -0.2) is 13.2 Å². The lowest BCUT2D eigenvalue weighted by molar-refractivity contribution is -0.138. The largest absolute Gasteiger partial charge is 0.463 e. The highest BCUT2D eigenvalue weighted by molar-refractivity contribution is 7.89. The number of benzene rings is 3. The van der Waals surface area contributed by atoms with Gasteiger partial charge in [0.05, 0.1) is 29.2 Å². The van der Waals surface area contributed by atoms with Crippen molar-refractivity contribution in [3.8, 4) is 0 Å². The minimum absolute atomic E-state index is 0.204. The molecule has 3 aromatic carbocycles. The summed E-state index contributed by atoms with van der Waals surface area (Å²) < 4.78 is 34.0. The fourth-order valence-electron chi connectivity index (χ4n) is 3.95. The number of carbonyl (C=O) groups excluding carboxylic acids is 1. The molecule has 33 heavy (non-hydrogen) atoms. The number of rotatable bonds is 7. The maximum atomic E-state index is 13.7. The van der Waals surface area contributed by atoms with Crippen LogP contribution in [0.4, 0.5) is 0 Å². The number of hydrogen-bond acceptors (Lipinski definition) is 4. The van der Waals surface area contributed by atoms with Crippen molar-refractivity contribution in [1.82, 2.24) is 4.31 Å². The van der Waals surface area contributed by atoms with Gasteiger partial charge in [0.1, 0.15) is 0 Å². The Morgan fingerprint density at radius 3 is 2.06 bits per heavy atom. The molecule has 3 aromatic rings. The first kappa shape index (κ1) is 23.0. The van der Waals surface area contributed by atoms with Crippen molar-refractivity contribution >= 4 is 22.1 Å². The zero-order chi connectivity index (χ0) is 23.6. The smallest absolute Gasteiger partial charge is 0.335 e. The monoisotopic (exact) mass is 461 g/mol. The van der Waals surface area contributed by atoms with Gasteiger partial charge in [0, 0.05) is 0 Å². The Balaban J connectivity index is 1.82. The van der Waals surface area contributed by atoms with Crippen LogP contribution in [0.2, 0.25) is 0 Å². The van der Waals surface area contributed by atoms with Crippen LogP contribution in [0.3, 0.4) is 0 Å². The molecule has 6 heteroatoms. The summed E-state index contributed by atoms with van der Waals surface area (Å²) in [6.45, 7) is 5.84. The average molecular weight is 462 g/mol. The van der Waals surface area contributed by atoms with Crippen LogP contribution in [-0.2, 0) is 19.6 Å².